The highest BCUT2D eigenvalue weighted by atomic mass is 35.5. The lowest BCUT2D eigenvalue weighted by molar-refractivity contribution is -0.288. The van der Waals surface area contributed by atoms with Crippen molar-refractivity contribution in [2.45, 2.75) is 43.9 Å². The number of halogens is 4. The topological polar surface area (TPSA) is 33.1 Å². The number of hydrogen-bond acceptors (Lipinski definition) is 2. The van der Waals surface area contributed by atoms with Crippen LogP contribution in [0.4, 0.5) is 13.2 Å². The van der Waals surface area contributed by atoms with E-state index in [1.165, 1.54) is 6.20 Å². The molecule has 0 saturated heterocycles. The second-order valence-electron chi connectivity index (χ2n) is 5.04. The zero-order chi connectivity index (χ0) is 14.1. The maximum atomic E-state index is 13.1. The van der Waals surface area contributed by atoms with Crippen LogP contribution >= 0.6 is 11.6 Å². The number of pyridine rings is 1. The fourth-order valence-corrected chi connectivity index (χ4v) is 2.76. The van der Waals surface area contributed by atoms with Crippen LogP contribution in [0.25, 0.3) is 0 Å². The molecule has 19 heavy (non-hydrogen) atoms. The molecular weight excluding hydrogens is 279 g/mol. The van der Waals surface area contributed by atoms with Crippen LogP contribution in [0.2, 0.25) is 5.02 Å². The van der Waals surface area contributed by atoms with Gasteiger partial charge < -0.3 is 5.11 Å². The number of aliphatic hydroxyl groups is 1. The SMILES string of the molecule is O[C@]1(C(F)(F)F)CCCC[C@H]1Cc1ccc(Cl)cn1. The molecule has 0 aromatic carbocycles. The van der Waals surface area contributed by atoms with Crippen LogP contribution < -0.4 is 0 Å². The summed E-state index contributed by atoms with van der Waals surface area (Å²) in [5.41, 5.74) is -2.06. The van der Waals surface area contributed by atoms with Gasteiger partial charge in [-0.2, -0.15) is 13.2 Å². The van der Waals surface area contributed by atoms with Crippen molar-refractivity contribution in [2.24, 2.45) is 5.92 Å². The molecule has 106 valence electrons. The summed E-state index contributed by atoms with van der Waals surface area (Å²) in [6, 6.07) is 3.20. The van der Waals surface area contributed by atoms with Crippen molar-refractivity contribution in [3.8, 4) is 0 Å². The molecule has 0 aliphatic heterocycles. The van der Waals surface area contributed by atoms with Gasteiger partial charge >= 0.3 is 6.18 Å². The van der Waals surface area contributed by atoms with Crippen molar-refractivity contribution in [2.75, 3.05) is 0 Å². The maximum Gasteiger partial charge on any atom is 0.417 e. The van der Waals surface area contributed by atoms with E-state index in [0.717, 1.165) is 0 Å². The third-order valence-corrected chi connectivity index (χ3v) is 3.99. The molecule has 1 heterocycles. The van der Waals surface area contributed by atoms with Gasteiger partial charge in [0.05, 0.1) is 5.02 Å². The molecule has 6 heteroatoms. The summed E-state index contributed by atoms with van der Waals surface area (Å²) in [6.07, 6.45) is -1.82. The van der Waals surface area contributed by atoms with E-state index < -0.39 is 17.7 Å². The Labute approximate surface area is 114 Å². The lowest BCUT2D eigenvalue weighted by atomic mass is 9.72. The second-order valence-corrected chi connectivity index (χ2v) is 5.47. The molecule has 2 nitrogen and oxygen atoms in total. The molecule has 1 aromatic rings. The van der Waals surface area contributed by atoms with E-state index >= 15 is 0 Å². The Balaban J connectivity index is 2.19. The molecule has 0 radical (unpaired) electrons. The predicted octanol–water partition coefficient (Wildman–Crippen LogP) is 3.76. The number of hydrogen-bond donors (Lipinski definition) is 1. The van der Waals surface area contributed by atoms with Gasteiger partial charge in [-0.05, 0) is 31.4 Å². The van der Waals surface area contributed by atoms with Crippen LogP contribution in [-0.4, -0.2) is 21.9 Å². The zero-order valence-corrected chi connectivity index (χ0v) is 11.0. The van der Waals surface area contributed by atoms with Crippen molar-refractivity contribution < 1.29 is 18.3 Å². The number of alkyl halides is 3. The molecule has 2 rings (SSSR count). The first-order valence-corrected chi connectivity index (χ1v) is 6.60. The summed E-state index contributed by atoms with van der Waals surface area (Å²) in [5.74, 6) is -0.838. The minimum Gasteiger partial charge on any atom is -0.380 e. The van der Waals surface area contributed by atoms with Crippen molar-refractivity contribution >= 4 is 11.6 Å². The number of aromatic nitrogens is 1. The molecule has 2 atom stereocenters. The standard InChI is InChI=1S/C13H15ClF3NO/c14-10-4-5-11(18-8-10)7-9-3-1-2-6-12(9,19)13(15,16)17/h4-5,8-9,19H,1-3,6-7H2/t9-,12+/m0/s1. The quantitative estimate of drug-likeness (QED) is 0.900. The van der Waals surface area contributed by atoms with Gasteiger partial charge in [-0.15, -0.1) is 0 Å². The zero-order valence-electron chi connectivity index (χ0n) is 10.3. The smallest absolute Gasteiger partial charge is 0.380 e. The summed E-state index contributed by atoms with van der Waals surface area (Å²) in [5, 5.41) is 10.4. The van der Waals surface area contributed by atoms with Gasteiger partial charge in [-0.3, -0.25) is 4.98 Å². The van der Waals surface area contributed by atoms with E-state index in [1.54, 1.807) is 12.1 Å². The first kappa shape index (κ1) is 14.6. The van der Waals surface area contributed by atoms with Crippen LogP contribution in [0.15, 0.2) is 18.3 Å². The Morgan fingerprint density at radius 1 is 1.37 bits per heavy atom. The second kappa shape index (κ2) is 5.29. The summed E-state index contributed by atoms with van der Waals surface area (Å²) < 4.78 is 39.2. The lowest BCUT2D eigenvalue weighted by Crippen LogP contribution is -2.53. The van der Waals surface area contributed by atoms with Crippen molar-refractivity contribution in [3.63, 3.8) is 0 Å². The van der Waals surface area contributed by atoms with Gasteiger partial charge in [0.2, 0.25) is 0 Å². The fraction of sp³-hybridized carbons (Fsp3) is 0.615. The largest absolute Gasteiger partial charge is 0.417 e. The highest BCUT2D eigenvalue weighted by molar-refractivity contribution is 6.30. The molecule has 1 aliphatic carbocycles. The van der Waals surface area contributed by atoms with Crippen LogP contribution in [0.5, 0.6) is 0 Å². The van der Waals surface area contributed by atoms with Gasteiger partial charge in [0, 0.05) is 17.8 Å². The average molecular weight is 294 g/mol. The molecule has 1 saturated carbocycles. The maximum absolute atomic E-state index is 13.1. The Morgan fingerprint density at radius 3 is 2.68 bits per heavy atom. The van der Waals surface area contributed by atoms with Gasteiger partial charge in [-0.25, -0.2) is 0 Å². The predicted molar refractivity (Wildman–Crippen MR) is 65.9 cm³/mol. The third-order valence-electron chi connectivity index (χ3n) is 3.77. The first-order chi connectivity index (χ1) is 8.83. The molecule has 1 fully saturated rings. The molecule has 1 N–H and O–H groups in total. The molecule has 0 amide bonds. The highest BCUT2D eigenvalue weighted by Gasteiger charge is 2.58. The highest BCUT2D eigenvalue weighted by Crippen LogP contribution is 2.46. The Hall–Kier alpha value is -0.810. The van der Waals surface area contributed by atoms with Crippen LogP contribution in [0.3, 0.4) is 0 Å². The summed E-state index contributed by atoms with van der Waals surface area (Å²) in [4.78, 5) is 4.01. The molecule has 1 aliphatic rings. The van der Waals surface area contributed by atoms with Crippen LogP contribution in [0.1, 0.15) is 31.4 Å². The average Bonchev–Trinajstić information content (AvgIpc) is 2.33. The summed E-state index contributed by atoms with van der Waals surface area (Å²) in [6.45, 7) is 0. The minimum atomic E-state index is -4.59. The monoisotopic (exact) mass is 293 g/mol. The van der Waals surface area contributed by atoms with Crippen molar-refractivity contribution in [3.05, 3.63) is 29.0 Å². The summed E-state index contributed by atoms with van der Waals surface area (Å²) in [7, 11) is 0. The van der Waals surface area contributed by atoms with E-state index in [-0.39, 0.29) is 12.8 Å². The van der Waals surface area contributed by atoms with Gasteiger partial charge in [0.25, 0.3) is 0 Å². The van der Waals surface area contributed by atoms with Gasteiger partial charge in [-0.1, -0.05) is 24.4 Å². The van der Waals surface area contributed by atoms with E-state index in [2.05, 4.69) is 4.98 Å². The molecule has 1 aromatic heterocycles. The molecule has 0 spiro atoms. The third kappa shape index (κ3) is 3.03. The van der Waals surface area contributed by atoms with E-state index in [1.807, 2.05) is 0 Å². The lowest BCUT2D eigenvalue weighted by Gasteiger charge is -2.41. The Kier molecular flexibility index (Phi) is 4.06. The molecule has 0 unspecified atom stereocenters. The number of nitrogens with zero attached hydrogens (tertiary/aromatic N) is 1. The van der Waals surface area contributed by atoms with Gasteiger partial charge in [0.15, 0.2) is 5.60 Å². The van der Waals surface area contributed by atoms with Crippen molar-refractivity contribution in [1.82, 2.24) is 4.98 Å². The number of rotatable bonds is 2. The van der Waals surface area contributed by atoms with E-state index in [0.29, 0.717) is 30.0 Å². The van der Waals surface area contributed by atoms with E-state index in [9.17, 15) is 18.3 Å². The van der Waals surface area contributed by atoms with Crippen LogP contribution in [-0.2, 0) is 6.42 Å². The van der Waals surface area contributed by atoms with E-state index in [4.69, 9.17) is 11.6 Å². The van der Waals surface area contributed by atoms with Crippen molar-refractivity contribution in [1.29, 1.82) is 0 Å². The normalized spacial score (nSPS) is 28.4. The fourth-order valence-electron chi connectivity index (χ4n) is 2.65. The Morgan fingerprint density at radius 2 is 2.11 bits per heavy atom. The Bertz CT molecular complexity index is 435. The first-order valence-electron chi connectivity index (χ1n) is 6.22. The minimum absolute atomic E-state index is 0.118. The van der Waals surface area contributed by atoms with Crippen LogP contribution in [0, 0.1) is 5.92 Å². The summed E-state index contributed by atoms with van der Waals surface area (Å²) >= 11 is 5.69. The molecular formula is C13H15ClF3NO. The van der Waals surface area contributed by atoms with Gasteiger partial charge in [0.1, 0.15) is 0 Å². The molecule has 0 bridgehead atoms.